The predicted molar refractivity (Wildman–Crippen MR) is 135 cm³/mol. The molecule has 2 aliphatic rings. The van der Waals surface area contributed by atoms with Gasteiger partial charge in [-0.15, -0.1) is 23.1 Å². The number of carboxylic acid groups (broad SMARTS) is 1. The monoisotopic (exact) mass is 567 g/mol. The highest BCUT2D eigenvalue weighted by Crippen LogP contribution is 2.41. The van der Waals surface area contributed by atoms with E-state index >= 15 is 0 Å². The number of nitrogens with zero attached hydrogens (tertiary/aromatic N) is 3. The third kappa shape index (κ3) is 6.31. The third-order valence-electron chi connectivity index (χ3n) is 5.04. The van der Waals surface area contributed by atoms with Gasteiger partial charge in [-0.3, -0.25) is 19.3 Å². The number of β-lactam (4-membered cyclic amide) rings is 1. The van der Waals surface area contributed by atoms with Crippen LogP contribution in [0.2, 0.25) is 0 Å². The van der Waals surface area contributed by atoms with Crippen LogP contribution in [0, 0.1) is 5.41 Å². The first-order chi connectivity index (χ1) is 17.8. The van der Waals surface area contributed by atoms with Crippen LogP contribution in [0.5, 0.6) is 0 Å². The van der Waals surface area contributed by atoms with Gasteiger partial charge in [0.2, 0.25) is 13.4 Å². The number of carbonyl (C=O) groups excluding carboxylic acids is 4. The Balaban J connectivity index is 1.72. The Morgan fingerprint density at radius 1 is 1.34 bits per heavy atom. The molecule has 4 N–H and O–H groups in total. The molecule has 204 valence electrons. The molecule has 0 aliphatic carbocycles. The second-order valence-electron chi connectivity index (χ2n) is 8.85. The number of fused-ring (bicyclic) bond motifs is 1. The molecule has 14 nitrogen and oxygen atoms in total. The summed E-state index contributed by atoms with van der Waals surface area (Å²) < 4.78 is 10.0. The lowest BCUT2D eigenvalue weighted by molar-refractivity contribution is -0.173. The SMILES string of the molecule is C=CC1=C(C(=O)OCOC(=O)C(C)(C)C)N2C(=O)C(NC(=O)/C(=N/OCC(=O)O)c3csc(N)n3)[C@H]2SC1. The maximum atomic E-state index is 13.0. The van der Waals surface area contributed by atoms with E-state index in [9.17, 15) is 24.0 Å². The van der Waals surface area contributed by atoms with Gasteiger partial charge in [-0.25, -0.2) is 14.6 Å². The highest BCUT2D eigenvalue weighted by molar-refractivity contribution is 8.00. The molecular formula is C22H25N5O9S2. The molecule has 0 radical (unpaired) electrons. The number of aromatic nitrogens is 1. The first kappa shape index (κ1) is 28.6. The van der Waals surface area contributed by atoms with E-state index in [1.165, 1.54) is 28.1 Å². The predicted octanol–water partition coefficient (Wildman–Crippen LogP) is 0.461. The van der Waals surface area contributed by atoms with E-state index in [-0.39, 0.29) is 28.0 Å². The lowest BCUT2D eigenvalue weighted by Crippen LogP contribution is -2.71. The minimum Gasteiger partial charge on any atom is -0.479 e. The summed E-state index contributed by atoms with van der Waals surface area (Å²) in [5.41, 5.74) is 4.83. The molecule has 2 aliphatic heterocycles. The van der Waals surface area contributed by atoms with Crippen LogP contribution in [0.1, 0.15) is 26.5 Å². The molecule has 1 fully saturated rings. The quantitative estimate of drug-likeness (QED) is 0.116. The van der Waals surface area contributed by atoms with Crippen molar-refractivity contribution in [1.82, 2.24) is 15.2 Å². The fourth-order valence-electron chi connectivity index (χ4n) is 3.17. The topological polar surface area (TPSA) is 200 Å². The molecule has 3 heterocycles. The molecule has 3 rings (SSSR count). The number of nitrogens with two attached hydrogens (primary N) is 1. The van der Waals surface area contributed by atoms with Gasteiger partial charge >= 0.3 is 17.9 Å². The molecule has 0 bridgehead atoms. The van der Waals surface area contributed by atoms with E-state index in [1.54, 1.807) is 20.8 Å². The average Bonchev–Trinajstić information content (AvgIpc) is 3.28. The van der Waals surface area contributed by atoms with E-state index < -0.39 is 60.0 Å². The summed E-state index contributed by atoms with van der Waals surface area (Å²) in [7, 11) is 0. The Morgan fingerprint density at radius 3 is 2.63 bits per heavy atom. The number of nitrogen functional groups attached to an aromatic ring is 1. The second kappa shape index (κ2) is 11.6. The number of oxime groups is 1. The van der Waals surface area contributed by atoms with E-state index in [0.29, 0.717) is 5.57 Å². The van der Waals surface area contributed by atoms with E-state index in [2.05, 4.69) is 22.0 Å². The molecule has 0 aromatic carbocycles. The number of nitrogens with one attached hydrogen (secondary N) is 1. The number of allylic oxidation sites excluding steroid dienone is 1. The van der Waals surface area contributed by atoms with Gasteiger partial charge in [-0.2, -0.15) is 0 Å². The van der Waals surface area contributed by atoms with Crippen LogP contribution in [0.3, 0.4) is 0 Å². The molecule has 38 heavy (non-hydrogen) atoms. The van der Waals surface area contributed by atoms with Crippen LogP contribution in [-0.4, -0.2) is 81.0 Å². The van der Waals surface area contributed by atoms with Gasteiger partial charge in [0.25, 0.3) is 11.8 Å². The van der Waals surface area contributed by atoms with Crippen molar-refractivity contribution >= 4 is 63.7 Å². The molecule has 1 aromatic rings. The molecule has 1 saturated heterocycles. The number of thiazole rings is 1. The van der Waals surface area contributed by atoms with Crippen LogP contribution in [0.4, 0.5) is 5.13 Å². The van der Waals surface area contributed by atoms with Gasteiger partial charge in [0.05, 0.1) is 5.41 Å². The van der Waals surface area contributed by atoms with Gasteiger partial charge in [-0.1, -0.05) is 17.8 Å². The Bertz CT molecular complexity index is 1230. The number of amides is 2. The molecule has 1 aromatic heterocycles. The van der Waals surface area contributed by atoms with Crippen LogP contribution in [0.15, 0.2) is 34.5 Å². The van der Waals surface area contributed by atoms with Crippen molar-refractivity contribution in [1.29, 1.82) is 0 Å². The molecule has 2 atom stereocenters. The van der Waals surface area contributed by atoms with Crippen molar-refractivity contribution in [2.75, 3.05) is 24.9 Å². The zero-order valence-electron chi connectivity index (χ0n) is 20.6. The minimum absolute atomic E-state index is 0.0261. The summed E-state index contributed by atoms with van der Waals surface area (Å²) in [6, 6.07) is -1.05. The maximum Gasteiger partial charge on any atom is 0.358 e. The smallest absolute Gasteiger partial charge is 0.358 e. The van der Waals surface area contributed by atoms with Crippen LogP contribution in [0.25, 0.3) is 0 Å². The first-order valence-electron chi connectivity index (χ1n) is 10.9. The fraction of sp³-hybridized carbons (Fsp3) is 0.409. The number of carbonyl (C=O) groups is 5. The Hall–Kier alpha value is -3.92. The number of hydrogen-bond acceptors (Lipinski definition) is 13. The number of thioether (sulfide) groups is 1. The molecule has 1 unspecified atom stereocenters. The lowest BCUT2D eigenvalue weighted by atomic mass is 9.98. The number of anilines is 1. The van der Waals surface area contributed by atoms with Crippen LogP contribution in [-0.2, 0) is 38.3 Å². The number of aliphatic carboxylic acids is 1. The van der Waals surface area contributed by atoms with Gasteiger partial charge in [0, 0.05) is 11.1 Å². The maximum absolute atomic E-state index is 13.0. The summed E-state index contributed by atoms with van der Waals surface area (Å²) in [5.74, 6) is -3.98. The summed E-state index contributed by atoms with van der Waals surface area (Å²) in [5, 5.41) is 15.7. The van der Waals surface area contributed by atoms with Crippen molar-refractivity contribution in [3.05, 3.63) is 35.0 Å². The van der Waals surface area contributed by atoms with Crippen molar-refractivity contribution < 1.29 is 43.4 Å². The van der Waals surface area contributed by atoms with Crippen LogP contribution < -0.4 is 11.1 Å². The summed E-state index contributed by atoms with van der Waals surface area (Å²) >= 11 is 2.29. The van der Waals surface area contributed by atoms with Gasteiger partial charge in [-0.05, 0) is 26.3 Å². The fourth-order valence-corrected chi connectivity index (χ4v) is 5.06. The van der Waals surface area contributed by atoms with E-state index in [0.717, 1.165) is 11.3 Å². The summed E-state index contributed by atoms with van der Waals surface area (Å²) in [6.45, 7) is 7.15. The highest BCUT2D eigenvalue weighted by atomic mass is 32.2. The van der Waals surface area contributed by atoms with Gasteiger partial charge in [0.1, 0.15) is 22.8 Å². The Morgan fingerprint density at radius 2 is 2.05 bits per heavy atom. The van der Waals surface area contributed by atoms with Gasteiger partial charge in [0.15, 0.2) is 10.8 Å². The van der Waals surface area contributed by atoms with E-state index in [4.69, 9.17) is 25.2 Å². The zero-order chi connectivity index (χ0) is 28.2. The average molecular weight is 568 g/mol. The number of ether oxygens (including phenoxy) is 2. The molecule has 2 amide bonds. The molecule has 16 heteroatoms. The number of rotatable bonds is 10. The number of hydrogen-bond donors (Lipinski definition) is 3. The third-order valence-corrected chi connectivity index (χ3v) is 7.02. The van der Waals surface area contributed by atoms with Crippen molar-refractivity contribution in [2.24, 2.45) is 10.6 Å². The summed E-state index contributed by atoms with van der Waals surface area (Å²) in [6.07, 6.45) is 1.41. The van der Waals surface area contributed by atoms with Crippen molar-refractivity contribution in [3.63, 3.8) is 0 Å². The second-order valence-corrected chi connectivity index (χ2v) is 10.8. The Labute approximate surface area is 224 Å². The Kier molecular flexibility index (Phi) is 8.78. The minimum atomic E-state index is -1.31. The summed E-state index contributed by atoms with van der Waals surface area (Å²) in [4.78, 5) is 71.3. The largest absolute Gasteiger partial charge is 0.479 e. The highest BCUT2D eigenvalue weighted by Gasteiger charge is 2.54. The zero-order valence-corrected chi connectivity index (χ0v) is 22.2. The number of carboxylic acids is 1. The van der Waals surface area contributed by atoms with Crippen LogP contribution >= 0.6 is 23.1 Å². The molecule has 0 spiro atoms. The number of esters is 2. The van der Waals surface area contributed by atoms with Gasteiger partial charge < -0.3 is 30.5 Å². The normalized spacial score (nSPS) is 19.2. The molecular weight excluding hydrogens is 542 g/mol. The van der Waals surface area contributed by atoms with Crippen molar-refractivity contribution in [2.45, 2.75) is 32.2 Å². The first-order valence-corrected chi connectivity index (χ1v) is 12.9. The molecule has 0 saturated carbocycles. The van der Waals surface area contributed by atoms with E-state index in [1.807, 2.05) is 0 Å². The lowest BCUT2D eigenvalue weighted by Gasteiger charge is -2.49. The van der Waals surface area contributed by atoms with Crippen molar-refractivity contribution in [3.8, 4) is 0 Å². The standard InChI is InChI=1S/C22H25N5O9S2/c1-5-10-7-37-18-14(17(31)27(18)15(10)19(32)34-9-35-20(33)22(2,3)4)25-16(30)13(26-36-6-12(28)29)11-8-38-21(23)24-11/h5,8,14,18H,1,6-7,9H2,2-4H3,(H2,23,24)(H,25,30)(H,28,29)/b26-13+/t14?,18-/m1/s1.